The number of thiophene rings is 1. The summed E-state index contributed by atoms with van der Waals surface area (Å²) in [6.45, 7) is 0.149. The maximum absolute atomic E-state index is 12.3. The molecule has 0 radical (unpaired) electrons. The van der Waals surface area contributed by atoms with Crippen LogP contribution in [0.4, 0.5) is 0 Å². The van der Waals surface area contributed by atoms with Gasteiger partial charge in [-0.25, -0.2) is 9.36 Å². The van der Waals surface area contributed by atoms with Crippen LogP contribution in [0.25, 0.3) is 22.0 Å². The molecule has 0 aliphatic carbocycles. The molecule has 0 fully saturated rings. The van der Waals surface area contributed by atoms with Gasteiger partial charge in [0.2, 0.25) is 5.91 Å². The Labute approximate surface area is 174 Å². The van der Waals surface area contributed by atoms with Gasteiger partial charge in [0.25, 0.3) is 11.1 Å². The van der Waals surface area contributed by atoms with E-state index in [2.05, 4.69) is 15.5 Å². The van der Waals surface area contributed by atoms with Crippen molar-refractivity contribution in [3.05, 3.63) is 80.9 Å². The molecule has 1 N–H and O–H groups in total. The minimum Gasteiger partial charge on any atom is -0.463 e. The molecule has 30 heavy (non-hydrogen) atoms. The van der Waals surface area contributed by atoms with Crippen LogP contribution in [0.3, 0.4) is 0 Å². The highest BCUT2D eigenvalue weighted by molar-refractivity contribution is 7.13. The fourth-order valence-corrected chi connectivity index (χ4v) is 3.47. The molecule has 0 spiro atoms. The Kier molecular flexibility index (Phi) is 5.66. The summed E-state index contributed by atoms with van der Waals surface area (Å²) in [6, 6.07) is 13.3. The third-order valence-electron chi connectivity index (χ3n) is 4.22. The molecule has 1 amide bonds. The molecule has 10 heteroatoms. The third-order valence-corrected chi connectivity index (χ3v) is 5.11. The lowest BCUT2D eigenvalue weighted by atomic mass is 10.3. The first-order chi connectivity index (χ1) is 14.6. The van der Waals surface area contributed by atoms with Crippen LogP contribution in [0, 0.1) is 0 Å². The van der Waals surface area contributed by atoms with Crippen molar-refractivity contribution >= 4 is 17.2 Å². The monoisotopic (exact) mass is 423 g/mol. The lowest BCUT2D eigenvalue weighted by molar-refractivity contribution is -0.121. The van der Waals surface area contributed by atoms with Crippen LogP contribution in [0.1, 0.15) is 0 Å². The van der Waals surface area contributed by atoms with E-state index in [1.54, 1.807) is 18.2 Å². The highest BCUT2D eigenvalue weighted by atomic mass is 32.1. The summed E-state index contributed by atoms with van der Waals surface area (Å²) in [5.41, 5.74) is 0.491. The zero-order valence-electron chi connectivity index (χ0n) is 15.7. The maximum atomic E-state index is 12.3. The molecule has 4 aromatic rings. The Balaban J connectivity index is 1.38. The van der Waals surface area contributed by atoms with E-state index in [4.69, 9.17) is 4.42 Å². The van der Waals surface area contributed by atoms with Crippen LogP contribution in [0.5, 0.6) is 0 Å². The zero-order valence-corrected chi connectivity index (χ0v) is 16.5. The van der Waals surface area contributed by atoms with Crippen LogP contribution in [0.2, 0.25) is 0 Å². The van der Waals surface area contributed by atoms with Gasteiger partial charge >= 0.3 is 0 Å². The fraction of sp³-hybridized carbons (Fsp3) is 0.150. The van der Waals surface area contributed by atoms with Crippen LogP contribution in [0.15, 0.2) is 74.2 Å². The lowest BCUT2D eigenvalue weighted by Gasteiger charge is -2.09. The SMILES string of the molecule is O=C(Cn1nc(-c2ccco2)ccc1=O)NCCn1nc(-c2cccs2)ccc1=O. The second kappa shape index (κ2) is 8.70. The van der Waals surface area contributed by atoms with Crippen molar-refractivity contribution in [3.63, 3.8) is 0 Å². The molecular weight excluding hydrogens is 406 g/mol. The number of carbonyl (C=O) groups excluding carboxylic acids is 1. The number of hydrogen-bond donors (Lipinski definition) is 1. The quantitative estimate of drug-likeness (QED) is 0.483. The van der Waals surface area contributed by atoms with Crippen molar-refractivity contribution in [1.29, 1.82) is 0 Å². The molecule has 0 unspecified atom stereocenters. The van der Waals surface area contributed by atoms with Crippen LogP contribution in [-0.2, 0) is 17.9 Å². The number of carbonyl (C=O) groups is 1. The predicted octanol–water partition coefficient (Wildman–Crippen LogP) is 1.60. The molecule has 152 valence electrons. The minimum atomic E-state index is -0.401. The summed E-state index contributed by atoms with van der Waals surface area (Å²) >= 11 is 1.53. The van der Waals surface area contributed by atoms with Crippen molar-refractivity contribution in [2.45, 2.75) is 13.1 Å². The average Bonchev–Trinajstić information content (AvgIpc) is 3.45. The maximum Gasteiger partial charge on any atom is 0.267 e. The topological polar surface area (TPSA) is 112 Å². The first-order valence-electron chi connectivity index (χ1n) is 9.11. The second-order valence-corrected chi connectivity index (χ2v) is 7.25. The normalized spacial score (nSPS) is 10.8. The molecule has 0 aromatic carbocycles. The highest BCUT2D eigenvalue weighted by Crippen LogP contribution is 2.21. The summed E-state index contributed by atoms with van der Waals surface area (Å²) in [5, 5.41) is 13.1. The molecule has 0 saturated heterocycles. The summed E-state index contributed by atoms with van der Waals surface area (Å²) in [4.78, 5) is 37.2. The van der Waals surface area contributed by atoms with Gasteiger partial charge in [-0.3, -0.25) is 14.4 Å². The van der Waals surface area contributed by atoms with Gasteiger partial charge < -0.3 is 9.73 Å². The van der Waals surface area contributed by atoms with Crippen molar-refractivity contribution in [2.24, 2.45) is 0 Å². The van der Waals surface area contributed by atoms with Crippen molar-refractivity contribution < 1.29 is 9.21 Å². The Bertz CT molecular complexity index is 1260. The molecular formula is C20H17N5O4S. The Morgan fingerprint density at radius 1 is 0.967 bits per heavy atom. The first kappa shape index (κ1) is 19.5. The number of nitrogens with one attached hydrogen (secondary N) is 1. The van der Waals surface area contributed by atoms with Gasteiger partial charge in [0, 0.05) is 18.7 Å². The Morgan fingerprint density at radius 3 is 2.47 bits per heavy atom. The van der Waals surface area contributed by atoms with Crippen LogP contribution >= 0.6 is 11.3 Å². The molecule has 0 atom stereocenters. The fourth-order valence-electron chi connectivity index (χ4n) is 2.78. The van der Waals surface area contributed by atoms with Gasteiger partial charge in [0.05, 0.1) is 17.7 Å². The standard InChI is InChI=1S/C20H17N5O4S/c26-18(13-25-20(28)7-5-14(22-25)16-3-1-11-29-16)21-9-10-24-19(27)8-6-15(23-24)17-4-2-12-30-17/h1-8,11-12H,9-10,13H2,(H,21,26). The molecule has 0 aliphatic rings. The number of nitrogens with zero attached hydrogens (tertiary/aromatic N) is 4. The van der Waals surface area contributed by atoms with E-state index in [-0.39, 0.29) is 25.2 Å². The predicted molar refractivity (Wildman–Crippen MR) is 111 cm³/mol. The lowest BCUT2D eigenvalue weighted by Crippen LogP contribution is -2.36. The minimum absolute atomic E-state index is 0.187. The summed E-state index contributed by atoms with van der Waals surface area (Å²) < 4.78 is 7.63. The molecule has 4 rings (SSSR count). The van der Waals surface area contributed by atoms with Crippen LogP contribution < -0.4 is 16.4 Å². The zero-order chi connectivity index (χ0) is 20.9. The molecule has 4 heterocycles. The van der Waals surface area contributed by atoms with E-state index in [1.807, 2.05) is 17.5 Å². The summed E-state index contributed by atoms with van der Waals surface area (Å²) in [5.74, 6) is 0.101. The van der Waals surface area contributed by atoms with Crippen molar-refractivity contribution in [1.82, 2.24) is 24.9 Å². The molecule has 0 aliphatic heterocycles. The van der Waals surface area contributed by atoms with E-state index in [9.17, 15) is 14.4 Å². The molecule has 0 bridgehead atoms. The number of aromatic nitrogens is 4. The van der Waals surface area contributed by atoms with Crippen molar-refractivity contribution in [3.8, 4) is 22.0 Å². The largest absolute Gasteiger partial charge is 0.463 e. The first-order valence-corrected chi connectivity index (χ1v) is 9.99. The molecule has 9 nitrogen and oxygen atoms in total. The number of rotatable bonds is 7. The average molecular weight is 423 g/mol. The number of hydrogen-bond acceptors (Lipinski definition) is 7. The number of furan rings is 1. The number of amides is 1. The van der Waals surface area contributed by atoms with Gasteiger partial charge in [0.15, 0.2) is 5.76 Å². The van der Waals surface area contributed by atoms with Gasteiger partial charge in [-0.1, -0.05) is 6.07 Å². The Hall–Kier alpha value is -3.79. The molecule has 4 aromatic heterocycles. The van der Waals surface area contributed by atoms with E-state index in [0.29, 0.717) is 17.1 Å². The van der Waals surface area contributed by atoms with E-state index < -0.39 is 11.5 Å². The smallest absolute Gasteiger partial charge is 0.267 e. The second-order valence-electron chi connectivity index (χ2n) is 6.30. The van der Waals surface area contributed by atoms with Gasteiger partial charge in [-0.2, -0.15) is 10.2 Å². The van der Waals surface area contributed by atoms with Gasteiger partial charge in [-0.15, -0.1) is 11.3 Å². The summed E-state index contributed by atoms with van der Waals surface area (Å²) in [7, 11) is 0. The van der Waals surface area contributed by atoms with E-state index >= 15 is 0 Å². The van der Waals surface area contributed by atoms with E-state index in [0.717, 1.165) is 9.56 Å². The van der Waals surface area contributed by atoms with Crippen LogP contribution in [-0.4, -0.2) is 32.0 Å². The van der Waals surface area contributed by atoms with Gasteiger partial charge in [-0.05, 0) is 35.7 Å². The van der Waals surface area contributed by atoms with E-state index in [1.165, 1.54) is 40.5 Å². The van der Waals surface area contributed by atoms with Gasteiger partial charge in [0.1, 0.15) is 17.9 Å². The van der Waals surface area contributed by atoms with Crippen molar-refractivity contribution in [2.75, 3.05) is 6.54 Å². The summed E-state index contributed by atoms with van der Waals surface area (Å²) in [6.07, 6.45) is 1.50. The third kappa shape index (κ3) is 4.44. The molecule has 0 saturated carbocycles. The highest BCUT2D eigenvalue weighted by Gasteiger charge is 2.10. The Morgan fingerprint density at radius 2 is 1.73 bits per heavy atom.